The van der Waals surface area contributed by atoms with Crippen molar-refractivity contribution in [3.05, 3.63) is 104 Å². The summed E-state index contributed by atoms with van der Waals surface area (Å²) in [5.41, 5.74) is 6.19. The number of amides is 4. The Morgan fingerprint density at radius 3 is 2.33 bits per heavy atom. The summed E-state index contributed by atoms with van der Waals surface area (Å²) in [5.74, 6) is -1.53. The Morgan fingerprint density at radius 2 is 1.67 bits per heavy atom. The molecule has 0 aliphatic carbocycles. The number of anilines is 3. The third-order valence-corrected chi connectivity index (χ3v) is 9.62. The molecule has 6 N–H and O–H groups in total. The highest BCUT2D eigenvalue weighted by molar-refractivity contribution is 6.37. The van der Waals surface area contributed by atoms with Gasteiger partial charge in [-0.1, -0.05) is 37.6 Å². The maximum absolute atomic E-state index is 13.3. The van der Waals surface area contributed by atoms with Crippen LogP contribution in [0.5, 0.6) is 5.75 Å². The van der Waals surface area contributed by atoms with Crippen LogP contribution in [-0.2, 0) is 16.0 Å². The molecule has 4 amide bonds. The molecule has 0 fully saturated rings. The molecule has 0 saturated heterocycles. The summed E-state index contributed by atoms with van der Waals surface area (Å²) in [4.78, 5) is 66.7. The van der Waals surface area contributed by atoms with Crippen molar-refractivity contribution in [2.75, 3.05) is 49.2 Å². The average molecular weight is 755 g/mol. The smallest absolute Gasteiger partial charge is 0.336 e. The number of H-pyrrole nitrogens is 1. The number of nitrogens with zero attached hydrogens (tertiary/aromatic N) is 1. The summed E-state index contributed by atoms with van der Waals surface area (Å²) < 4.78 is 5.18. The molecule has 3 aromatic carbocycles. The van der Waals surface area contributed by atoms with Crippen LogP contribution in [0.15, 0.2) is 54.6 Å². The number of benzene rings is 3. The summed E-state index contributed by atoms with van der Waals surface area (Å²) >= 11 is 6.22. The third-order valence-electron chi connectivity index (χ3n) is 9.32. The predicted molar refractivity (Wildman–Crippen MR) is 210 cm³/mol. The Labute approximate surface area is 318 Å². The molecule has 1 aromatic heterocycles. The lowest BCUT2D eigenvalue weighted by Gasteiger charge is -2.17. The van der Waals surface area contributed by atoms with Gasteiger partial charge in [-0.05, 0) is 99.6 Å². The molecule has 14 heteroatoms. The first-order valence-electron chi connectivity index (χ1n) is 17.5. The molecule has 4 aromatic rings. The molecule has 0 bridgehead atoms. The van der Waals surface area contributed by atoms with E-state index in [9.17, 15) is 24.0 Å². The molecule has 0 unspecified atom stereocenters. The summed E-state index contributed by atoms with van der Waals surface area (Å²) in [5, 5.41) is 20.5. The zero-order chi connectivity index (χ0) is 39.1. The van der Waals surface area contributed by atoms with Crippen LogP contribution in [-0.4, -0.2) is 77.9 Å². The highest BCUT2D eigenvalue weighted by Gasteiger charge is 2.30. The average Bonchev–Trinajstić information content (AvgIpc) is 3.78. The van der Waals surface area contributed by atoms with Crippen LogP contribution in [0.25, 0.3) is 11.6 Å². The summed E-state index contributed by atoms with van der Waals surface area (Å²) in [6.45, 7) is 11.4. The van der Waals surface area contributed by atoms with Crippen molar-refractivity contribution in [3.63, 3.8) is 0 Å². The maximum atomic E-state index is 13.3. The van der Waals surface area contributed by atoms with Gasteiger partial charge in [0.25, 0.3) is 17.7 Å². The Balaban J connectivity index is 0.000000360. The van der Waals surface area contributed by atoms with Gasteiger partial charge in [0, 0.05) is 46.1 Å². The molecule has 282 valence electrons. The molecule has 0 spiro atoms. The van der Waals surface area contributed by atoms with Crippen molar-refractivity contribution < 1.29 is 33.8 Å². The standard InChI is InChI=1S/C31H36ClN5O4.C9H7NO3/c1-6-37(7-2)15-9-14-33-31(40)27-18(3)25(34-19(27)4)17-22-28-21(10-8-11-24(28)36-30(22)39)29(38)35-20-12-13-26(41-5)23(32)16-20;11-8-4-6-5(9(12)13)2-1-3-7(6)10-8/h8,10-13,16-17,34H,6-7,9,14-15H2,1-5H3,(H,33,40)(H,35,38)(H,36,39);1-3H,4H2,(H,10,11)(H,12,13). The second-order valence-corrected chi connectivity index (χ2v) is 13.1. The maximum Gasteiger partial charge on any atom is 0.336 e. The zero-order valence-electron chi connectivity index (χ0n) is 30.7. The van der Waals surface area contributed by atoms with Gasteiger partial charge < -0.3 is 41.0 Å². The molecule has 2 aliphatic heterocycles. The number of nitrogens with one attached hydrogen (secondary N) is 5. The van der Waals surface area contributed by atoms with Crippen molar-refractivity contribution in [1.29, 1.82) is 0 Å². The van der Waals surface area contributed by atoms with E-state index >= 15 is 0 Å². The lowest BCUT2D eigenvalue weighted by molar-refractivity contribution is -0.115. The monoisotopic (exact) mass is 754 g/mol. The number of hydrogen-bond acceptors (Lipinski definition) is 7. The number of carboxylic acid groups (broad SMARTS) is 1. The molecule has 0 radical (unpaired) electrons. The van der Waals surface area contributed by atoms with Crippen molar-refractivity contribution in [3.8, 4) is 5.75 Å². The number of fused-ring (bicyclic) bond motifs is 2. The fraction of sp³-hybridized carbons (Fsp3) is 0.275. The van der Waals surface area contributed by atoms with Crippen LogP contribution in [0.3, 0.4) is 0 Å². The van der Waals surface area contributed by atoms with Gasteiger partial charge in [-0.15, -0.1) is 0 Å². The van der Waals surface area contributed by atoms with Crippen LogP contribution in [0.4, 0.5) is 17.1 Å². The van der Waals surface area contributed by atoms with E-state index < -0.39 is 11.9 Å². The van der Waals surface area contributed by atoms with E-state index in [4.69, 9.17) is 21.4 Å². The predicted octanol–water partition coefficient (Wildman–Crippen LogP) is 6.38. The number of rotatable bonds is 12. The van der Waals surface area contributed by atoms with Gasteiger partial charge >= 0.3 is 5.97 Å². The summed E-state index contributed by atoms with van der Waals surface area (Å²) in [6.07, 6.45) is 2.72. The van der Waals surface area contributed by atoms with Gasteiger partial charge in [0.1, 0.15) is 5.75 Å². The lowest BCUT2D eigenvalue weighted by Crippen LogP contribution is -2.30. The van der Waals surface area contributed by atoms with Crippen LogP contribution in [0.1, 0.15) is 79.4 Å². The van der Waals surface area contributed by atoms with E-state index in [2.05, 4.69) is 45.0 Å². The quantitative estimate of drug-likeness (QED) is 0.0712. The Bertz CT molecular complexity index is 2150. The molecule has 54 heavy (non-hydrogen) atoms. The SMILES string of the molecule is CCN(CC)CCCNC(=O)c1c(C)[nH]c(C=C2C(=O)Nc3cccc(C(=O)Nc4ccc(OC)c(Cl)c4)c32)c1C.O=C1Cc2c(cccc2C(=O)O)N1. The molecule has 0 atom stereocenters. The Morgan fingerprint density at radius 1 is 0.963 bits per heavy atom. The fourth-order valence-corrected chi connectivity index (χ4v) is 6.76. The number of hydrogen-bond donors (Lipinski definition) is 6. The molecular formula is C40H43ClN6O7. The number of aryl methyl sites for hydroxylation is 1. The highest BCUT2D eigenvalue weighted by Crippen LogP contribution is 2.37. The van der Waals surface area contributed by atoms with Crippen LogP contribution in [0, 0.1) is 13.8 Å². The lowest BCUT2D eigenvalue weighted by atomic mass is 9.98. The van der Waals surface area contributed by atoms with Crippen molar-refractivity contribution >= 4 is 69.9 Å². The molecule has 6 rings (SSSR count). The molecular weight excluding hydrogens is 712 g/mol. The number of carbonyl (C=O) groups excluding carboxylic acids is 4. The Kier molecular flexibility index (Phi) is 12.6. The first-order valence-corrected chi connectivity index (χ1v) is 17.9. The van der Waals surface area contributed by atoms with Crippen LogP contribution >= 0.6 is 11.6 Å². The highest BCUT2D eigenvalue weighted by atomic mass is 35.5. The normalized spacial score (nSPS) is 13.4. The number of halogens is 1. The van der Waals surface area contributed by atoms with Crippen LogP contribution < -0.4 is 26.0 Å². The minimum Gasteiger partial charge on any atom is -0.495 e. The molecule has 3 heterocycles. The minimum atomic E-state index is -0.992. The van der Waals surface area contributed by atoms with E-state index in [1.165, 1.54) is 13.2 Å². The number of ether oxygens (including phenoxy) is 1. The van der Waals surface area contributed by atoms with E-state index in [-0.39, 0.29) is 29.7 Å². The van der Waals surface area contributed by atoms with Crippen LogP contribution in [0.2, 0.25) is 5.02 Å². The Hall–Kier alpha value is -5.92. The minimum absolute atomic E-state index is 0.149. The first kappa shape index (κ1) is 39.3. The van der Waals surface area contributed by atoms with Gasteiger partial charge in [-0.3, -0.25) is 19.2 Å². The van der Waals surface area contributed by atoms with Gasteiger partial charge in [0.05, 0.1) is 35.3 Å². The third kappa shape index (κ3) is 8.64. The van der Waals surface area contributed by atoms with E-state index in [0.717, 1.165) is 31.6 Å². The first-order chi connectivity index (χ1) is 25.9. The van der Waals surface area contributed by atoms with E-state index in [1.54, 1.807) is 54.6 Å². The topological polar surface area (TPSA) is 182 Å². The number of carboxylic acids is 1. The second-order valence-electron chi connectivity index (χ2n) is 12.7. The zero-order valence-corrected chi connectivity index (χ0v) is 31.5. The fourth-order valence-electron chi connectivity index (χ4n) is 6.51. The van der Waals surface area contributed by atoms with E-state index in [0.29, 0.717) is 73.6 Å². The van der Waals surface area contributed by atoms with Gasteiger partial charge in [-0.2, -0.15) is 0 Å². The largest absolute Gasteiger partial charge is 0.495 e. The van der Waals surface area contributed by atoms with Gasteiger partial charge in [-0.25, -0.2) is 4.79 Å². The molecule has 2 aliphatic rings. The van der Waals surface area contributed by atoms with Crippen molar-refractivity contribution in [2.45, 2.75) is 40.5 Å². The molecule has 13 nitrogen and oxygen atoms in total. The number of carbonyl (C=O) groups is 5. The van der Waals surface area contributed by atoms with Crippen molar-refractivity contribution in [2.24, 2.45) is 0 Å². The molecule has 0 saturated carbocycles. The number of methoxy groups -OCH3 is 1. The number of aromatic nitrogens is 1. The summed E-state index contributed by atoms with van der Waals surface area (Å²) in [7, 11) is 1.52. The van der Waals surface area contributed by atoms with Gasteiger partial charge in [0.2, 0.25) is 5.91 Å². The summed E-state index contributed by atoms with van der Waals surface area (Å²) in [6, 6.07) is 14.9. The second kappa shape index (κ2) is 17.3. The van der Waals surface area contributed by atoms with Crippen molar-refractivity contribution in [1.82, 2.24) is 15.2 Å². The number of aromatic amines is 1. The van der Waals surface area contributed by atoms with Gasteiger partial charge in [0.15, 0.2) is 0 Å². The van der Waals surface area contributed by atoms with E-state index in [1.807, 2.05) is 13.8 Å². The number of aromatic carboxylic acids is 1.